The molecule has 0 atom stereocenters. The molecule has 5 heteroatoms. The van der Waals surface area contributed by atoms with Crippen LogP contribution in [0.2, 0.25) is 0 Å². The summed E-state index contributed by atoms with van der Waals surface area (Å²) in [5.41, 5.74) is 1.95. The van der Waals surface area contributed by atoms with Gasteiger partial charge in [0.15, 0.2) is 0 Å². The molecule has 1 heterocycles. The summed E-state index contributed by atoms with van der Waals surface area (Å²) in [7, 11) is 0. The number of thiazole rings is 1. The fraction of sp³-hybridized carbons (Fsp3) is 0.333. The zero-order valence-electron chi connectivity index (χ0n) is 11.1. The van der Waals surface area contributed by atoms with Gasteiger partial charge in [-0.15, -0.1) is 11.3 Å². The Morgan fingerprint density at radius 3 is 2.95 bits per heavy atom. The molecule has 104 valence electrons. The Bertz CT molecular complexity index is 649. The molecule has 0 radical (unpaired) electrons. The van der Waals surface area contributed by atoms with Crippen LogP contribution in [0.1, 0.15) is 41.0 Å². The minimum atomic E-state index is -0.242. The van der Waals surface area contributed by atoms with Crippen molar-refractivity contribution in [2.75, 3.05) is 6.61 Å². The summed E-state index contributed by atoms with van der Waals surface area (Å²) in [5, 5.41) is 0.885. The van der Waals surface area contributed by atoms with E-state index in [2.05, 4.69) is 20.9 Å². The van der Waals surface area contributed by atoms with Crippen LogP contribution in [0, 0.1) is 0 Å². The van der Waals surface area contributed by atoms with E-state index in [1.54, 1.807) is 0 Å². The van der Waals surface area contributed by atoms with Gasteiger partial charge in [0.25, 0.3) is 0 Å². The number of hydrogen-bond acceptors (Lipinski definition) is 4. The van der Waals surface area contributed by atoms with E-state index in [1.807, 2.05) is 31.2 Å². The smallest absolute Gasteiger partial charge is 0.350 e. The molecule has 0 saturated heterocycles. The quantitative estimate of drug-likeness (QED) is 0.754. The molecule has 0 aliphatic heterocycles. The summed E-state index contributed by atoms with van der Waals surface area (Å²) in [6.07, 6.45) is 2.24. The first-order chi connectivity index (χ1) is 9.69. The lowest BCUT2D eigenvalue weighted by Gasteiger charge is -1.99. The van der Waals surface area contributed by atoms with Gasteiger partial charge >= 0.3 is 5.97 Å². The number of esters is 1. The summed E-state index contributed by atoms with van der Waals surface area (Å²) < 4.78 is 6.15. The van der Waals surface area contributed by atoms with Crippen LogP contribution >= 0.6 is 27.3 Å². The summed E-state index contributed by atoms with van der Waals surface area (Å²) >= 11 is 4.90. The van der Waals surface area contributed by atoms with E-state index in [0.717, 1.165) is 33.6 Å². The van der Waals surface area contributed by atoms with Crippen molar-refractivity contribution in [1.29, 1.82) is 0 Å². The van der Waals surface area contributed by atoms with Crippen molar-refractivity contribution >= 4 is 33.2 Å². The van der Waals surface area contributed by atoms with Gasteiger partial charge in [-0.25, -0.2) is 9.78 Å². The highest BCUT2D eigenvalue weighted by molar-refractivity contribution is 9.10. The van der Waals surface area contributed by atoms with Gasteiger partial charge in [-0.05, 0) is 31.9 Å². The van der Waals surface area contributed by atoms with Gasteiger partial charge in [-0.2, -0.15) is 0 Å². The Morgan fingerprint density at radius 1 is 1.50 bits per heavy atom. The summed E-state index contributed by atoms with van der Waals surface area (Å²) in [4.78, 5) is 17.4. The fourth-order valence-electron chi connectivity index (χ4n) is 2.05. The molecule has 1 aliphatic carbocycles. The molecule has 0 bridgehead atoms. The molecule has 1 fully saturated rings. The molecule has 0 spiro atoms. The van der Waals surface area contributed by atoms with Crippen LogP contribution in [0.3, 0.4) is 0 Å². The maximum atomic E-state index is 12.0. The largest absolute Gasteiger partial charge is 0.462 e. The zero-order valence-corrected chi connectivity index (χ0v) is 13.5. The molecule has 1 saturated carbocycles. The van der Waals surface area contributed by atoms with E-state index in [9.17, 15) is 4.79 Å². The Kier molecular flexibility index (Phi) is 3.89. The van der Waals surface area contributed by atoms with E-state index in [0.29, 0.717) is 17.4 Å². The van der Waals surface area contributed by atoms with Crippen molar-refractivity contribution in [2.45, 2.75) is 25.7 Å². The molecule has 0 amide bonds. The standard InChI is InChI=1S/C15H14BrNO2S/c1-2-19-15(18)13-12(9-6-7-9)17-14(20-13)10-4-3-5-11(16)8-10/h3-5,8-9H,2,6-7H2,1H3. The summed E-state index contributed by atoms with van der Waals surface area (Å²) in [6, 6.07) is 7.98. The fourth-order valence-corrected chi connectivity index (χ4v) is 3.49. The topological polar surface area (TPSA) is 39.2 Å². The third kappa shape index (κ3) is 2.79. The summed E-state index contributed by atoms with van der Waals surface area (Å²) in [5.74, 6) is 0.194. The molecule has 1 aromatic heterocycles. The number of rotatable bonds is 4. The number of hydrogen-bond donors (Lipinski definition) is 0. The van der Waals surface area contributed by atoms with Gasteiger partial charge < -0.3 is 4.74 Å². The van der Waals surface area contributed by atoms with Gasteiger partial charge in [0.1, 0.15) is 9.88 Å². The second kappa shape index (κ2) is 5.66. The van der Waals surface area contributed by atoms with Crippen LogP contribution in [0.25, 0.3) is 10.6 Å². The molecular weight excluding hydrogens is 338 g/mol. The first-order valence-electron chi connectivity index (χ1n) is 6.63. The minimum Gasteiger partial charge on any atom is -0.462 e. The third-order valence-corrected chi connectivity index (χ3v) is 4.74. The highest BCUT2D eigenvalue weighted by atomic mass is 79.9. The first kappa shape index (κ1) is 13.8. The highest BCUT2D eigenvalue weighted by Gasteiger charge is 2.32. The lowest BCUT2D eigenvalue weighted by molar-refractivity contribution is 0.0530. The first-order valence-corrected chi connectivity index (χ1v) is 8.23. The molecule has 2 aromatic rings. The average Bonchev–Trinajstić information content (AvgIpc) is 3.18. The summed E-state index contributed by atoms with van der Waals surface area (Å²) in [6.45, 7) is 2.22. The maximum absolute atomic E-state index is 12.0. The Hall–Kier alpha value is -1.20. The van der Waals surface area contributed by atoms with Crippen LogP contribution in [0.5, 0.6) is 0 Å². The number of nitrogens with zero attached hydrogens (tertiary/aromatic N) is 1. The molecule has 3 rings (SSSR count). The molecule has 0 unspecified atom stereocenters. The maximum Gasteiger partial charge on any atom is 0.350 e. The van der Waals surface area contributed by atoms with Crippen molar-refractivity contribution < 1.29 is 9.53 Å². The second-order valence-corrected chi connectivity index (χ2v) is 6.65. The minimum absolute atomic E-state index is 0.242. The van der Waals surface area contributed by atoms with E-state index in [-0.39, 0.29) is 5.97 Å². The number of aromatic nitrogens is 1. The Labute approximate surface area is 130 Å². The third-order valence-electron chi connectivity index (χ3n) is 3.15. The van der Waals surface area contributed by atoms with Gasteiger partial charge in [-0.3, -0.25) is 0 Å². The van der Waals surface area contributed by atoms with Crippen LogP contribution < -0.4 is 0 Å². The van der Waals surface area contributed by atoms with Crippen LogP contribution in [0.15, 0.2) is 28.7 Å². The van der Waals surface area contributed by atoms with Crippen molar-refractivity contribution in [3.63, 3.8) is 0 Å². The Morgan fingerprint density at radius 2 is 2.30 bits per heavy atom. The lowest BCUT2D eigenvalue weighted by Crippen LogP contribution is -2.05. The Balaban J connectivity index is 2.00. The molecule has 1 aromatic carbocycles. The normalized spacial score (nSPS) is 14.3. The van der Waals surface area contributed by atoms with Crippen LogP contribution in [-0.2, 0) is 4.74 Å². The molecule has 0 N–H and O–H groups in total. The van der Waals surface area contributed by atoms with Crippen molar-refractivity contribution in [3.8, 4) is 10.6 Å². The predicted molar refractivity (Wildman–Crippen MR) is 83.2 cm³/mol. The number of carbonyl (C=O) groups is 1. The van der Waals surface area contributed by atoms with E-state index in [4.69, 9.17) is 4.74 Å². The second-order valence-electron chi connectivity index (χ2n) is 4.74. The van der Waals surface area contributed by atoms with Crippen molar-refractivity contribution in [1.82, 2.24) is 4.98 Å². The molecule has 1 aliphatic rings. The highest BCUT2D eigenvalue weighted by Crippen LogP contribution is 2.44. The van der Waals surface area contributed by atoms with Gasteiger partial charge in [0.2, 0.25) is 0 Å². The molecule has 20 heavy (non-hydrogen) atoms. The number of carbonyl (C=O) groups excluding carboxylic acids is 1. The monoisotopic (exact) mass is 351 g/mol. The molecule has 3 nitrogen and oxygen atoms in total. The molecular formula is C15H14BrNO2S. The van der Waals surface area contributed by atoms with Gasteiger partial charge in [0.05, 0.1) is 12.3 Å². The van der Waals surface area contributed by atoms with Crippen LogP contribution in [-0.4, -0.2) is 17.6 Å². The van der Waals surface area contributed by atoms with Crippen molar-refractivity contribution in [2.24, 2.45) is 0 Å². The van der Waals surface area contributed by atoms with E-state index < -0.39 is 0 Å². The van der Waals surface area contributed by atoms with E-state index >= 15 is 0 Å². The SMILES string of the molecule is CCOC(=O)c1sc(-c2cccc(Br)c2)nc1C1CC1. The van der Waals surface area contributed by atoms with E-state index in [1.165, 1.54) is 11.3 Å². The predicted octanol–water partition coefficient (Wildman–Crippen LogP) is 4.63. The van der Waals surface area contributed by atoms with Crippen molar-refractivity contribution in [3.05, 3.63) is 39.3 Å². The number of ether oxygens (including phenoxy) is 1. The number of halogens is 1. The van der Waals surface area contributed by atoms with Gasteiger partial charge in [-0.1, -0.05) is 28.1 Å². The number of benzene rings is 1. The van der Waals surface area contributed by atoms with Gasteiger partial charge in [0, 0.05) is 16.0 Å². The lowest BCUT2D eigenvalue weighted by atomic mass is 10.2. The van der Waals surface area contributed by atoms with Crippen LogP contribution in [0.4, 0.5) is 0 Å². The zero-order chi connectivity index (χ0) is 14.1. The average molecular weight is 352 g/mol.